The molecule has 2 rings (SSSR count). The molecule has 0 aliphatic heterocycles. The first-order chi connectivity index (χ1) is 9.95. The number of benzene rings is 2. The molecule has 0 spiro atoms. The molecule has 6 heteroatoms. The summed E-state index contributed by atoms with van der Waals surface area (Å²) in [5.41, 5.74) is 1.84. The third-order valence-electron chi connectivity index (χ3n) is 2.83. The predicted octanol–water partition coefficient (Wildman–Crippen LogP) is 3.98. The molecule has 110 valence electrons. The summed E-state index contributed by atoms with van der Waals surface area (Å²) in [5.74, 6) is -2.34. The van der Waals surface area contributed by atoms with Gasteiger partial charge in [-0.2, -0.15) is 0 Å². The van der Waals surface area contributed by atoms with E-state index in [9.17, 15) is 13.6 Å². The lowest BCUT2D eigenvalue weighted by molar-refractivity contribution is -0.114. The van der Waals surface area contributed by atoms with Crippen LogP contribution in [0.4, 0.5) is 20.2 Å². The lowest BCUT2D eigenvalue weighted by atomic mass is 10.2. The maximum absolute atomic E-state index is 13.0. The molecule has 0 atom stereocenters. The van der Waals surface area contributed by atoms with E-state index in [-0.39, 0.29) is 18.1 Å². The Hall–Kier alpha value is -2.14. The lowest BCUT2D eigenvalue weighted by Gasteiger charge is -2.09. The van der Waals surface area contributed by atoms with Crippen LogP contribution in [-0.4, -0.2) is 12.5 Å². The Bertz CT molecular complexity index is 677. The molecule has 0 unspecified atom stereocenters. The molecule has 2 aromatic carbocycles. The Balaban J connectivity index is 1.92. The highest BCUT2D eigenvalue weighted by molar-refractivity contribution is 6.31. The molecule has 0 bridgehead atoms. The highest BCUT2D eigenvalue weighted by atomic mass is 35.5. The second-order valence-corrected chi connectivity index (χ2v) is 4.90. The van der Waals surface area contributed by atoms with Gasteiger partial charge in [-0.25, -0.2) is 8.78 Å². The van der Waals surface area contributed by atoms with E-state index in [4.69, 9.17) is 11.6 Å². The number of hydrogen-bond acceptors (Lipinski definition) is 2. The van der Waals surface area contributed by atoms with Crippen molar-refractivity contribution < 1.29 is 13.6 Å². The monoisotopic (exact) mass is 310 g/mol. The van der Waals surface area contributed by atoms with Gasteiger partial charge >= 0.3 is 0 Å². The fourth-order valence-corrected chi connectivity index (χ4v) is 1.84. The number of nitrogens with one attached hydrogen (secondary N) is 2. The van der Waals surface area contributed by atoms with Crippen LogP contribution in [0.1, 0.15) is 5.56 Å². The standard InChI is InChI=1S/C15H13ClF2N2O/c1-9-2-3-10(6-12(9)16)19-8-15(21)20-11-4-5-13(17)14(18)7-11/h2-7,19H,8H2,1H3,(H,20,21). The van der Waals surface area contributed by atoms with Crippen molar-refractivity contribution in [1.82, 2.24) is 0 Å². The molecule has 0 fully saturated rings. The molecular formula is C15H13ClF2N2O. The van der Waals surface area contributed by atoms with E-state index >= 15 is 0 Å². The van der Waals surface area contributed by atoms with Crippen molar-refractivity contribution in [2.24, 2.45) is 0 Å². The van der Waals surface area contributed by atoms with E-state index in [2.05, 4.69) is 10.6 Å². The van der Waals surface area contributed by atoms with Crippen molar-refractivity contribution >= 4 is 28.9 Å². The summed E-state index contributed by atoms with van der Waals surface area (Å²) in [7, 11) is 0. The van der Waals surface area contributed by atoms with Crippen molar-refractivity contribution in [3.05, 3.63) is 58.6 Å². The van der Waals surface area contributed by atoms with E-state index in [0.717, 1.165) is 17.7 Å². The summed E-state index contributed by atoms with van der Waals surface area (Å²) in [6.45, 7) is 1.86. The molecule has 0 saturated carbocycles. The number of carbonyl (C=O) groups excluding carboxylic acids is 1. The first kappa shape index (κ1) is 15.3. The van der Waals surface area contributed by atoms with E-state index in [1.807, 2.05) is 13.0 Å². The summed E-state index contributed by atoms with van der Waals surface area (Å²) < 4.78 is 25.8. The van der Waals surface area contributed by atoms with Crippen LogP contribution in [0.3, 0.4) is 0 Å². The van der Waals surface area contributed by atoms with Crippen LogP contribution in [0.5, 0.6) is 0 Å². The SMILES string of the molecule is Cc1ccc(NCC(=O)Nc2ccc(F)c(F)c2)cc1Cl. The third kappa shape index (κ3) is 4.16. The summed E-state index contributed by atoms with van der Waals surface area (Å²) >= 11 is 5.97. The molecule has 2 aromatic rings. The van der Waals surface area contributed by atoms with E-state index in [0.29, 0.717) is 10.7 Å². The van der Waals surface area contributed by atoms with Crippen molar-refractivity contribution in [2.75, 3.05) is 17.2 Å². The van der Waals surface area contributed by atoms with Crippen molar-refractivity contribution in [2.45, 2.75) is 6.92 Å². The highest BCUT2D eigenvalue weighted by Crippen LogP contribution is 2.19. The molecule has 0 aliphatic rings. The Morgan fingerprint density at radius 1 is 1.10 bits per heavy atom. The number of carbonyl (C=O) groups is 1. The number of rotatable bonds is 4. The van der Waals surface area contributed by atoms with Crippen LogP contribution in [0.25, 0.3) is 0 Å². The van der Waals surface area contributed by atoms with Gasteiger partial charge in [-0.3, -0.25) is 4.79 Å². The molecule has 1 amide bonds. The van der Waals surface area contributed by atoms with Crippen LogP contribution in [0.2, 0.25) is 5.02 Å². The fourth-order valence-electron chi connectivity index (χ4n) is 1.66. The van der Waals surface area contributed by atoms with Gasteiger partial charge in [-0.05, 0) is 36.8 Å². The Morgan fingerprint density at radius 2 is 1.81 bits per heavy atom. The van der Waals surface area contributed by atoms with Gasteiger partial charge in [0.2, 0.25) is 5.91 Å². The minimum atomic E-state index is -1.01. The zero-order valence-corrected chi connectivity index (χ0v) is 12.0. The fraction of sp³-hybridized carbons (Fsp3) is 0.133. The number of hydrogen-bond donors (Lipinski definition) is 2. The third-order valence-corrected chi connectivity index (χ3v) is 3.24. The Kier molecular flexibility index (Phi) is 4.75. The lowest BCUT2D eigenvalue weighted by Crippen LogP contribution is -2.21. The molecule has 3 nitrogen and oxygen atoms in total. The molecule has 0 saturated heterocycles. The molecular weight excluding hydrogens is 298 g/mol. The Labute approximate surface area is 125 Å². The number of amides is 1. The number of anilines is 2. The van der Waals surface area contributed by atoms with Gasteiger partial charge in [-0.15, -0.1) is 0 Å². The molecule has 0 aliphatic carbocycles. The second kappa shape index (κ2) is 6.54. The summed E-state index contributed by atoms with van der Waals surface area (Å²) in [4.78, 5) is 11.7. The minimum absolute atomic E-state index is 0.0155. The number of halogens is 3. The Morgan fingerprint density at radius 3 is 2.48 bits per heavy atom. The van der Waals surface area contributed by atoms with E-state index < -0.39 is 11.6 Å². The smallest absolute Gasteiger partial charge is 0.243 e. The van der Waals surface area contributed by atoms with Gasteiger partial charge in [0.25, 0.3) is 0 Å². The van der Waals surface area contributed by atoms with Crippen LogP contribution >= 0.6 is 11.6 Å². The van der Waals surface area contributed by atoms with Gasteiger partial charge < -0.3 is 10.6 Å². The van der Waals surface area contributed by atoms with Gasteiger partial charge in [-0.1, -0.05) is 17.7 Å². The zero-order valence-electron chi connectivity index (χ0n) is 11.2. The molecule has 0 heterocycles. The van der Waals surface area contributed by atoms with Crippen molar-refractivity contribution in [3.63, 3.8) is 0 Å². The van der Waals surface area contributed by atoms with Gasteiger partial charge in [0, 0.05) is 22.5 Å². The average molecular weight is 311 g/mol. The molecule has 0 aromatic heterocycles. The maximum atomic E-state index is 13.0. The topological polar surface area (TPSA) is 41.1 Å². The summed E-state index contributed by atoms with van der Waals surface area (Å²) in [6.07, 6.45) is 0. The quantitative estimate of drug-likeness (QED) is 0.897. The summed E-state index contributed by atoms with van der Waals surface area (Å²) in [5, 5.41) is 5.96. The van der Waals surface area contributed by atoms with E-state index in [1.54, 1.807) is 12.1 Å². The molecule has 2 N–H and O–H groups in total. The second-order valence-electron chi connectivity index (χ2n) is 4.49. The van der Waals surface area contributed by atoms with Crippen molar-refractivity contribution in [3.8, 4) is 0 Å². The minimum Gasteiger partial charge on any atom is -0.376 e. The predicted molar refractivity (Wildman–Crippen MR) is 79.7 cm³/mol. The highest BCUT2D eigenvalue weighted by Gasteiger charge is 2.06. The van der Waals surface area contributed by atoms with Crippen molar-refractivity contribution in [1.29, 1.82) is 0 Å². The normalized spacial score (nSPS) is 10.3. The summed E-state index contributed by atoms with van der Waals surface area (Å²) in [6, 6.07) is 8.51. The van der Waals surface area contributed by atoms with E-state index in [1.165, 1.54) is 6.07 Å². The average Bonchev–Trinajstić information content (AvgIpc) is 2.44. The molecule has 0 radical (unpaired) electrons. The van der Waals surface area contributed by atoms with Gasteiger partial charge in [0.15, 0.2) is 11.6 Å². The number of aryl methyl sites for hydroxylation is 1. The zero-order chi connectivity index (χ0) is 15.4. The maximum Gasteiger partial charge on any atom is 0.243 e. The van der Waals surface area contributed by atoms with Gasteiger partial charge in [0.05, 0.1) is 6.54 Å². The van der Waals surface area contributed by atoms with Crippen LogP contribution < -0.4 is 10.6 Å². The van der Waals surface area contributed by atoms with Crippen LogP contribution in [0.15, 0.2) is 36.4 Å². The molecule has 21 heavy (non-hydrogen) atoms. The van der Waals surface area contributed by atoms with Crippen LogP contribution in [0, 0.1) is 18.6 Å². The first-order valence-electron chi connectivity index (χ1n) is 6.20. The van der Waals surface area contributed by atoms with Crippen LogP contribution in [-0.2, 0) is 4.79 Å². The largest absolute Gasteiger partial charge is 0.376 e. The first-order valence-corrected chi connectivity index (χ1v) is 6.58. The van der Waals surface area contributed by atoms with Gasteiger partial charge in [0.1, 0.15) is 0 Å².